The Balaban J connectivity index is 2.02. The van der Waals surface area contributed by atoms with Gasteiger partial charge in [0.05, 0.1) is 4.88 Å². The Morgan fingerprint density at radius 1 is 1.28 bits per heavy atom. The molecule has 0 aliphatic heterocycles. The van der Waals surface area contributed by atoms with E-state index in [9.17, 15) is 9.18 Å². The van der Waals surface area contributed by atoms with Gasteiger partial charge in [-0.25, -0.2) is 4.39 Å². The van der Waals surface area contributed by atoms with Crippen molar-refractivity contribution in [3.05, 3.63) is 57.0 Å². The van der Waals surface area contributed by atoms with Crippen molar-refractivity contribution in [1.29, 1.82) is 0 Å². The molecule has 1 aromatic heterocycles. The molecule has 1 amide bonds. The second-order valence-corrected chi connectivity index (χ2v) is 5.12. The molecule has 0 atom stereocenters. The fourth-order valence-electron chi connectivity index (χ4n) is 1.61. The van der Waals surface area contributed by atoms with Crippen molar-refractivity contribution in [1.82, 2.24) is 5.32 Å². The number of amides is 1. The number of hydrogen-bond acceptors (Lipinski definition) is 2. The zero-order chi connectivity index (χ0) is 13.1. The van der Waals surface area contributed by atoms with Crippen molar-refractivity contribution in [3.8, 4) is 0 Å². The lowest BCUT2D eigenvalue weighted by Crippen LogP contribution is -2.22. The first-order chi connectivity index (χ1) is 8.58. The van der Waals surface area contributed by atoms with Gasteiger partial charge in [0.2, 0.25) is 0 Å². The maximum atomic E-state index is 13.3. The summed E-state index contributed by atoms with van der Waals surface area (Å²) in [7, 11) is 0. The van der Waals surface area contributed by atoms with Gasteiger partial charge in [-0.15, -0.1) is 11.3 Å². The number of carbonyl (C=O) groups excluding carboxylic acids is 1. The molecule has 2 nitrogen and oxygen atoms in total. The summed E-state index contributed by atoms with van der Waals surface area (Å²) < 4.78 is 13.3. The van der Waals surface area contributed by atoms with Crippen LogP contribution in [0.1, 0.15) is 26.4 Å². The second kappa shape index (κ2) is 5.31. The molecule has 0 saturated carbocycles. The van der Waals surface area contributed by atoms with Crippen LogP contribution in [0.3, 0.4) is 0 Å². The van der Waals surface area contributed by atoms with E-state index in [2.05, 4.69) is 5.32 Å². The molecule has 0 saturated heterocycles. The van der Waals surface area contributed by atoms with E-state index in [1.807, 2.05) is 24.4 Å². The summed E-state index contributed by atoms with van der Waals surface area (Å²) >= 11 is 1.41. The summed E-state index contributed by atoms with van der Waals surface area (Å²) in [6, 6.07) is 6.90. The maximum Gasteiger partial charge on any atom is 0.261 e. The van der Waals surface area contributed by atoms with Crippen molar-refractivity contribution in [3.63, 3.8) is 0 Å². The molecule has 94 valence electrons. The Morgan fingerprint density at radius 3 is 2.67 bits per heavy atom. The Hall–Kier alpha value is -1.68. The lowest BCUT2D eigenvalue weighted by atomic mass is 10.1. The Kier molecular flexibility index (Phi) is 3.77. The molecule has 0 fully saturated rings. The summed E-state index contributed by atoms with van der Waals surface area (Å²) in [5, 5.41) is 4.68. The van der Waals surface area contributed by atoms with Gasteiger partial charge in [0.15, 0.2) is 0 Å². The third-order valence-electron chi connectivity index (χ3n) is 2.76. The predicted octanol–water partition coefficient (Wildman–Crippen LogP) is 3.43. The highest BCUT2D eigenvalue weighted by molar-refractivity contribution is 7.12. The first kappa shape index (κ1) is 12.8. The van der Waals surface area contributed by atoms with Crippen LogP contribution in [0.4, 0.5) is 4.39 Å². The third kappa shape index (κ3) is 2.76. The first-order valence-corrected chi connectivity index (χ1v) is 6.53. The normalized spacial score (nSPS) is 10.4. The molecule has 0 aliphatic carbocycles. The average molecular weight is 263 g/mol. The van der Waals surface area contributed by atoms with Crippen molar-refractivity contribution < 1.29 is 9.18 Å². The van der Waals surface area contributed by atoms with Gasteiger partial charge in [0.1, 0.15) is 5.82 Å². The van der Waals surface area contributed by atoms with E-state index >= 15 is 0 Å². The van der Waals surface area contributed by atoms with Gasteiger partial charge in [0, 0.05) is 6.54 Å². The molecule has 18 heavy (non-hydrogen) atoms. The monoisotopic (exact) mass is 263 g/mol. The van der Waals surface area contributed by atoms with E-state index in [1.54, 1.807) is 13.0 Å². The van der Waals surface area contributed by atoms with Crippen LogP contribution in [0.25, 0.3) is 0 Å². The van der Waals surface area contributed by atoms with Crippen LogP contribution in [0.15, 0.2) is 29.6 Å². The van der Waals surface area contributed by atoms with E-state index in [1.165, 1.54) is 17.4 Å². The second-order valence-electron chi connectivity index (χ2n) is 4.20. The van der Waals surface area contributed by atoms with Crippen LogP contribution < -0.4 is 5.32 Å². The van der Waals surface area contributed by atoms with Gasteiger partial charge in [-0.3, -0.25) is 4.79 Å². The van der Waals surface area contributed by atoms with E-state index in [0.717, 1.165) is 11.1 Å². The molecule has 4 heteroatoms. The minimum absolute atomic E-state index is 0.108. The average Bonchev–Trinajstić information content (AvgIpc) is 2.77. The minimum atomic E-state index is -0.242. The SMILES string of the molecule is Cc1ccc(CNC(=O)c2sccc2C)cc1F. The fraction of sp³-hybridized carbons (Fsp3) is 0.214. The van der Waals surface area contributed by atoms with Crippen LogP contribution in [0.2, 0.25) is 0 Å². The molecule has 2 rings (SSSR count). The van der Waals surface area contributed by atoms with Crippen molar-refractivity contribution in [2.75, 3.05) is 0 Å². The number of aryl methyl sites for hydroxylation is 2. The van der Waals surface area contributed by atoms with Gasteiger partial charge in [-0.2, -0.15) is 0 Å². The molecule has 1 aromatic carbocycles. The molecular formula is C14H14FNOS. The lowest BCUT2D eigenvalue weighted by Gasteiger charge is -2.06. The van der Waals surface area contributed by atoms with Gasteiger partial charge in [-0.05, 0) is 48.1 Å². The zero-order valence-electron chi connectivity index (χ0n) is 10.3. The molecule has 2 aromatic rings. The number of halogens is 1. The van der Waals surface area contributed by atoms with Gasteiger partial charge in [-0.1, -0.05) is 12.1 Å². The number of thiophene rings is 1. The van der Waals surface area contributed by atoms with Gasteiger partial charge in [0.25, 0.3) is 5.91 Å². The van der Waals surface area contributed by atoms with E-state index in [-0.39, 0.29) is 11.7 Å². The molecule has 0 aliphatic rings. The summed E-state index contributed by atoms with van der Waals surface area (Å²) in [6.45, 7) is 3.96. The highest BCUT2D eigenvalue weighted by Gasteiger charge is 2.10. The number of rotatable bonds is 3. The topological polar surface area (TPSA) is 29.1 Å². The van der Waals surface area contributed by atoms with Gasteiger partial charge >= 0.3 is 0 Å². The smallest absolute Gasteiger partial charge is 0.261 e. The summed E-state index contributed by atoms with van der Waals surface area (Å²) in [4.78, 5) is 12.6. The van der Waals surface area contributed by atoms with E-state index < -0.39 is 0 Å². The number of hydrogen-bond donors (Lipinski definition) is 1. The first-order valence-electron chi connectivity index (χ1n) is 5.65. The quantitative estimate of drug-likeness (QED) is 0.903. The van der Waals surface area contributed by atoms with Gasteiger partial charge < -0.3 is 5.32 Å². The van der Waals surface area contributed by atoms with Crippen molar-refractivity contribution >= 4 is 17.2 Å². The number of carbonyl (C=O) groups is 1. The standard InChI is InChI=1S/C14H14FNOS/c1-9-3-4-11(7-12(9)15)8-16-14(17)13-10(2)5-6-18-13/h3-7H,8H2,1-2H3,(H,16,17). The molecule has 1 heterocycles. The van der Waals surface area contributed by atoms with Crippen molar-refractivity contribution in [2.45, 2.75) is 20.4 Å². The lowest BCUT2D eigenvalue weighted by molar-refractivity contribution is 0.0954. The summed E-state index contributed by atoms with van der Waals surface area (Å²) in [5.41, 5.74) is 2.34. The van der Waals surface area contributed by atoms with Crippen LogP contribution in [0.5, 0.6) is 0 Å². The highest BCUT2D eigenvalue weighted by atomic mass is 32.1. The Morgan fingerprint density at radius 2 is 2.06 bits per heavy atom. The summed E-state index contributed by atoms with van der Waals surface area (Å²) in [6.07, 6.45) is 0. The molecule has 0 unspecified atom stereocenters. The molecular weight excluding hydrogens is 249 g/mol. The molecule has 0 bridgehead atoms. The number of nitrogens with one attached hydrogen (secondary N) is 1. The predicted molar refractivity (Wildman–Crippen MR) is 71.4 cm³/mol. The Bertz CT molecular complexity index is 577. The summed E-state index contributed by atoms with van der Waals surface area (Å²) in [5.74, 6) is -0.350. The van der Waals surface area contributed by atoms with E-state index in [0.29, 0.717) is 17.0 Å². The van der Waals surface area contributed by atoms with Crippen molar-refractivity contribution in [2.24, 2.45) is 0 Å². The highest BCUT2D eigenvalue weighted by Crippen LogP contribution is 2.15. The van der Waals surface area contributed by atoms with Crippen LogP contribution in [-0.2, 0) is 6.54 Å². The van der Waals surface area contributed by atoms with E-state index in [4.69, 9.17) is 0 Å². The van der Waals surface area contributed by atoms with Crippen LogP contribution in [0, 0.1) is 19.7 Å². The fourth-order valence-corrected chi connectivity index (χ4v) is 2.46. The number of benzene rings is 1. The largest absolute Gasteiger partial charge is 0.347 e. The van der Waals surface area contributed by atoms with Crippen LogP contribution in [-0.4, -0.2) is 5.91 Å². The zero-order valence-corrected chi connectivity index (χ0v) is 11.1. The third-order valence-corrected chi connectivity index (χ3v) is 3.77. The maximum absolute atomic E-state index is 13.3. The Labute approximate surface area is 109 Å². The molecule has 0 spiro atoms. The molecule has 0 radical (unpaired) electrons. The molecule has 1 N–H and O–H groups in total. The minimum Gasteiger partial charge on any atom is -0.347 e. The van der Waals surface area contributed by atoms with Crippen LogP contribution >= 0.6 is 11.3 Å².